The van der Waals surface area contributed by atoms with Gasteiger partial charge < -0.3 is 5.32 Å². The second-order valence-corrected chi connectivity index (χ2v) is 3.16. The first-order valence-electron chi connectivity index (χ1n) is 4.03. The largest absolute Gasteiger partial charge is 0.359 e. The first-order valence-corrected chi connectivity index (χ1v) is 4.41. The molecule has 1 N–H and O–H groups in total. The van der Waals surface area contributed by atoms with Crippen molar-refractivity contribution in [2.45, 2.75) is 19.9 Å². The average molecular weight is 202 g/mol. The van der Waals surface area contributed by atoms with Crippen LogP contribution in [0.5, 0.6) is 0 Å². The zero-order chi connectivity index (χ0) is 9.84. The second-order valence-electron chi connectivity index (χ2n) is 2.75. The molecule has 0 aromatic carbocycles. The van der Waals surface area contributed by atoms with Gasteiger partial charge in [0.15, 0.2) is 0 Å². The summed E-state index contributed by atoms with van der Waals surface area (Å²) in [5, 5.41) is 7.30. The van der Waals surface area contributed by atoms with Crippen molar-refractivity contribution in [3.8, 4) is 0 Å². The minimum absolute atomic E-state index is 0.00396. The molecule has 13 heavy (non-hydrogen) atoms. The summed E-state index contributed by atoms with van der Waals surface area (Å²) in [6, 6.07) is 0. The van der Waals surface area contributed by atoms with E-state index >= 15 is 0 Å². The summed E-state index contributed by atoms with van der Waals surface area (Å²) in [6.45, 7) is 2.39. The zero-order valence-corrected chi connectivity index (χ0v) is 8.43. The van der Waals surface area contributed by atoms with Gasteiger partial charge >= 0.3 is 0 Å². The van der Waals surface area contributed by atoms with E-state index in [0.717, 1.165) is 5.69 Å². The Hall–Kier alpha value is -1.03. The number of rotatable bonds is 3. The molecule has 0 unspecified atom stereocenters. The van der Waals surface area contributed by atoms with E-state index in [1.807, 2.05) is 6.92 Å². The van der Waals surface area contributed by atoms with Gasteiger partial charge in [-0.15, -0.1) is 0 Å². The Balaban J connectivity index is 2.50. The third kappa shape index (κ3) is 2.73. The van der Waals surface area contributed by atoms with E-state index in [9.17, 15) is 4.79 Å². The first-order chi connectivity index (χ1) is 6.13. The van der Waals surface area contributed by atoms with Crippen molar-refractivity contribution in [2.24, 2.45) is 0 Å². The normalized spacial score (nSPS) is 10.1. The van der Waals surface area contributed by atoms with Gasteiger partial charge in [-0.3, -0.25) is 9.48 Å². The minimum Gasteiger partial charge on any atom is -0.359 e. The fourth-order valence-corrected chi connectivity index (χ4v) is 1.10. The zero-order valence-electron chi connectivity index (χ0n) is 7.67. The van der Waals surface area contributed by atoms with Crippen LogP contribution in [0.4, 0.5) is 0 Å². The number of aromatic nitrogens is 2. The number of halogens is 1. The maximum Gasteiger partial charge on any atom is 0.221 e. The van der Waals surface area contributed by atoms with E-state index < -0.39 is 0 Å². The van der Waals surface area contributed by atoms with Crippen LogP contribution in [-0.2, 0) is 11.3 Å². The van der Waals surface area contributed by atoms with Gasteiger partial charge in [0.1, 0.15) is 0 Å². The molecule has 0 saturated heterocycles. The lowest BCUT2D eigenvalue weighted by molar-refractivity contribution is -0.120. The highest BCUT2D eigenvalue weighted by Crippen LogP contribution is 2.11. The molecule has 72 valence electrons. The van der Waals surface area contributed by atoms with Gasteiger partial charge in [-0.1, -0.05) is 11.6 Å². The predicted molar refractivity (Wildman–Crippen MR) is 50.7 cm³/mol. The summed E-state index contributed by atoms with van der Waals surface area (Å²) in [4.78, 5) is 10.9. The predicted octanol–water partition coefficient (Wildman–Crippen LogP) is 0.981. The van der Waals surface area contributed by atoms with E-state index in [-0.39, 0.29) is 5.91 Å². The monoisotopic (exact) mass is 201 g/mol. The SMILES string of the molecule is CNC(=O)CCn1cc(Cl)c(C)n1. The molecule has 0 atom stereocenters. The molecule has 0 aliphatic carbocycles. The molecule has 0 saturated carbocycles. The molecule has 0 aliphatic heterocycles. The summed E-state index contributed by atoms with van der Waals surface area (Å²) < 4.78 is 1.67. The molecule has 1 amide bonds. The first kappa shape index (κ1) is 10.1. The lowest BCUT2D eigenvalue weighted by atomic mass is 10.4. The molecule has 1 rings (SSSR count). The van der Waals surface area contributed by atoms with Crippen LogP contribution in [0.1, 0.15) is 12.1 Å². The molecule has 0 bridgehead atoms. The van der Waals surface area contributed by atoms with E-state index in [0.29, 0.717) is 18.0 Å². The lowest BCUT2D eigenvalue weighted by Gasteiger charge is -1.99. The minimum atomic E-state index is 0.00396. The van der Waals surface area contributed by atoms with Crippen LogP contribution in [0.25, 0.3) is 0 Å². The smallest absolute Gasteiger partial charge is 0.221 e. The number of carbonyl (C=O) groups excluding carboxylic acids is 1. The molecular weight excluding hydrogens is 190 g/mol. The molecular formula is C8H12ClN3O. The van der Waals surface area contributed by atoms with E-state index in [1.54, 1.807) is 17.9 Å². The quantitative estimate of drug-likeness (QED) is 0.793. The molecule has 0 aliphatic rings. The molecule has 0 fully saturated rings. The van der Waals surface area contributed by atoms with Gasteiger partial charge in [0.2, 0.25) is 5.91 Å². The number of amides is 1. The summed E-state index contributed by atoms with van der Waals surface area (Å²) in [5.41, 5.74) is 0.790. The van der Waals surface area contributed by atoms with Crippen molar-refractivity contribution >= 4 is 17.5 Å². The Morgan fingerprint density at radius 1 is 1.77 bits per heavy atom. The Labute approximate surface area is 81.9 Å². The third-order valence-corrected chi connectivity index (χ3v) is 2.10. The van der Waals surface area contributed by atoms with Crippen molar-refractivity contribution in [3.63, 3.8) is 0 Å². The highest BCUT2D eigenvalue weighted by atomic mass is 35.5. The number of nitrogens with one attached hydrogen (secondary N) is 1. The van der Waals surface area contributed by atoms with Crippen LogP contribution >= 0.6 is 11.6 Å². The lowest BCUT2D eigenvalue weighted by Crippen LogP contribution is -2.19. The van der Waals surface area contributed by atoms with Crippen molar-refractivity contribution in [2.75, 3.05) is 7.05 Å². The van der Waals surface area contributed by atoms with Crippen molar-refractivity contribution in [1.29, 1.82) is 0 Å². The number of hydrogen-bond donors (Lipinski definition) is 1. The number of carbonyl (C=O) groups is 1. The van der Waals surface area contributed by atoms with Gasteiger partial charge in [0, 0.05) is 26.2 Å². The van der Waals surface area contributed by atoms with E-state index in [2.05, 4.69) is 10.4 Å². The fraction of sp³-hybridized carbons (Fsp3) is 0.500. The Morgan fingerprint density at radius 2 is 2.46 bits per heavy atom. The Bertz CT molecular complexity index is 289. The van der Waals surface area contributed by atoms with Crippen LogP contribution in [0.2, 0.25) is 5.02 Å². The van der Waals surface area contributed by atoms with Crippen LogP contribution < -0.4 is 5.32 Å². The third-order valence-electron chi connectivity index (χ3n) is 1.73. The van der Waals surface area contributed by atoms with Crippen LogP contribution in [0, 0.1) is 6.92 Å². The van der Waals surface area contributed by atoms with Crippen LogP contribution in [0.3, 0.4) is 0 Å². The molecule has 4 nitrogen and oxygen atoms in total. The highest BCUT2D eigenvalue weighted by Gasteiger charge is 2.03. The Kier molecular flexibility index (Phi) is 3.31. The molecule has 1 heterocycles. The van der Waals surface area contributed by atoms with Crippen molar-refractivity contribution in [3.05, 3.63) is 16.9 Å². The number of aryl methyl sites for hydroxylation is 2. The Morgan fingerprint density at radius 3 is 2.92 bits per heavy atom. The number of hydrogen-bond acceptors (Lipinski definition) is 2. The molecule has 0 radical (unpaired) electrons. The topological polar surface area (TPSA) is 46.9 Å². The number of nitrogens with zero attached hydrogens (tertiary/aromatic N) is 2. The maximum absolute atomic E-state index is 10.9. The van der Waals surface area contributed by atoms with Gasteiger partial charge in [-0.25, -0.2) is 0 Å². The summed E-state index contributed by atoms with van der Waals surface area (Å²) in [6.07, 6.45) is 2.15. The van der Waals surface area contributed by atoms with Gasteiger partial charge in [0.25, 0.3) is 0 Å². The van der Waals surface area contributed by atoms with Crippen molar-refractivity contribution < 1.29 is 4.79 Å². The highest BCUT2D eigenvalue weighted by molar-refractivity contribution is 6.31. The van der Waals surface area contributed by atoms with Crippen LogP contribution in [0.15, 0.2) is 6.20 Å². The second kappa shape index (κ2) is 4.28. The van der Waals surface area contributed by atoms with Crippen molar-refractivity contribution in [1.82, 2.24) is 15.1 Å². The van der Waals surface area contributed by atoms with Gasteiger partial charge in [0.05, 0.1) is 10.7 Å². The average Bonchev–Trinajstić information content (AvgIpc) is 2.42. The molecule has 1 aromatic rings. The van der Waals surface area contributed by atoms with Gasteiger partial charge in [-0.2, -0.15) is 5.10 Å². The summed E-state index contributed by atoms with van der Waals surface area (Å²) in [5.74, 6) is 0.00396. The standard InChI is InChI=1S/C8H12ClN3O/c1-6-7(9)5-12(11-6)4-3-8(13)10-2/h5H,3-4H2,1-2H3,(H,10,13). The van der Waals surface area contributed by atoms with E-state index in [1.165, 1.54) is 0 Å². The van der Waals surface area contributed by atoms with Gasteiger partial charge in [-0.05, 0) is 6.92 Å². The molecule has 5 heteroatoms. The molecule has 0 spiro atoms. The fourth-order valence-electron chi connectivity index (χ4n) is 0.949. The van der Waals surface area contributed by atoms with Crippen LogP contribution in [-0.4, -0.2) is 22.7 Å². The maximum atomic E-state index is 10.9. The molecule has 1 aromatic heterocycles. The summed E-state index contributed by atoms with van der Waals surface area (Å²) in [7, 11) is 1.61. The van der Waals surface area contributed by atoms with E-state index in [4.69, 9.17) is 11.6 Å². The summed E-state index contributed by atoms with van der Waals surface area (Å²) >= 11 is 5.79.